The van der Waals surface area contributed by atoms with E-state index in [0.29, 0.717) is 0 Å². The molecule has 0 aliphatic carbocycles. The van der Waals surface area contributed by atoms with E-state index in [1.54, 1.807) is 4.68 Å². The third kappa shape index (κ3) is 2.45. The summed E-state index contributed by atoms with van der Waals surface area (Å²) >= 11 is 0. The minimum absolute atomic E-state index is 0.841. The van der Waals surface area contributed by atoms with Gasteiger partial charge in [-0.25, -0.2) is 0 Å². The van der Waals surface area contributed by atoms with Crippen molar-refractivity contribution in [1.29, 1.82) is 0 Å². The molecule has 1 aromatic rings. The first kappa shape index (κ1) is 7.85. The molecule has 0 aromatic carbocycles. The third-order valence-electron chi connectivity index (χ3n) is 1.35. The lowest BCUT2D eigenvalue weighted by Crippen LogP contribution is -1.99. The van der Waals surface area contributed by atoms with E-state index < -0.39 is 0 Å². The Morgan fingerprint density at radius 2 is 2.55 bits per heavy atom. The van der Waals surface area contributed by atoms with Gasteiger partial charge in [-0.3, -0.25) is 4.68 Å². The third-order valence-corrected chi connectivity index (χ3v) is 1.35. The van der Waals surface area contributed by atoms with E-state index in [-0.39, 0.29) is 0 Å². The molecule has 1 N–H and O–H groups in total. The molecule has 0 saturated carbocycles. The zero-order chi connectivity index (χ0) is 8.10. The second-order valence-corrected chi connectivity index (χ2v) is 2.32. The molecule has 0 aliphatic heterocycles. The number of aromatic nitrogens is 2. The highest BCUT2D eigenvalue weighted by Gasteiger charge is 1.90. The SMILES string of the molecule is C/C=C/CNc1ccn(C)n1. The number of rotatable bonds is 3. The van der Waals surface area contributed by atoms with Gasteiger partial charge in [-0.2, -0.15) is 5.10 Å². The summed E-state index contributed by atoms with van der Waals surface area (Å²) in [5.41, 5.74) is 0. The van der Waals surface area contributed by atoms with Gasteiger partial charge in [0.2, 0.25) is 0 Å². The molecular weight excluding hydrogens is 138 g/mol. The number of aryl methyl sites for hydroxylation is 1. The van der Waals surface area contributed by atoms with Gasteiger partial charge < -0.3 is 5.32 Å². The highest BCUT2D eigenvalue weighted by Crippen LogP contribution is 1.99. The summed E-state index contributed by atoms with van der Waals surface area (Å²) in [6.45, 7) is 2.84. The molecule has 60 valence electrons. The second-order valence-electron chi connectivity index (χ2n) is 2.32. The number of anilines is 1. The summed E-state index contributed by atoms with van der Waals surface area (Å²) in [5.74, 6) is 0.922. The van der Waals surface area contributed by atoms with Gasteiger partial charge in [0, 0.05) is 25.9 Å². The van der Waals surface area contributed by atoms with E-state index in [0.717, 1.165) is 12.4 Å². The molecule has 0 aliphatic rings. The van der Waals surface area contributed by atoms with Crippen LogP contribution in [0.3, 0.4) is 0 Å². The highest BCUT2D eigenvalue weighted by molar-refractivity contribution is 5.32. The summed E-state index contributed by atoms with van der Waals surface area (Å²) in [6.07, 6.45) is 5.97. The number of nitrogens with one attached hydrogen (secondary N) is 1. The van der Waals surface area contributed by atoms with Crippen molar-refractivity contribution in [1.82, 2.24) is 9.78 Å². The van der Waals surface area contributed by atoms with Crippen molar-refractivity contribution in [3.63, 3.8) is 0 Å². The van der Waals surface area contributed by atoms with Crippen LogP contribution in [0, 0.1) is 0 Å². The van der Waals surface area contributed by atoms with Crippen LogP contribution in [0.5, 0.6) is 0 Å². The van der Waals surface area contributed by atoms with Crippen molar-refractivity contribution in [2.24, 2.45) is 7.05 Å². The standard InChI is InChI=1S/C8H13N3/c1-3-4-6-9-8-5-7-11(2)10-8/h3-5,7H,6H2,1-2H3,(H,9,10)/b4-3+. The van der Waals surface area contributed by atoms with Gasteiger partial charge in [0.25, 0.3) is 0 Å². The Balaban J connectivity index is 2.38. The van der Waals surface area contributed by atoms with Gasteiger partial charge in [0.1, 0.15) is 5.82 Å². The van der Waals surface area contributed by atoms with Crippen LogP contribution in [0.25, 0.3) is 0 Å². The topological polar surface area (TPSA) is 29.9 Å². The van der Waals surface area contributed by atoms with E-state index >= 15 is 0 Å². The Bertz CT molecular complexity index is 237. The fraction of sp³-hybridized carbons (Fsp3) is 0.375. The van der Waals surface area contributed by atoms with E-state index in [1.165, 1.54) is 0 Å². The maximum Gasteiger partial charge on any atom is 0.148 e. The quantitative estimate of drug-likeness (QED) is 0.662. The molecule has 0 fully saturated rings. The molecule has 3 nitrogen and oxygen atoms in total. The van der Waals surface area contributed by atoms with E-state index in [1.807, 2.05) is 32.3 Å². The molecule has 11 heavy (non-hydrogen) atoms. The first-order valence-corrected chi connectivity index (χ1v) is 3.67. The summed E-state index contributed by atoms with van der Waals surface area (Å²) < 4.78 is 1.78. The fourth-order valence-electron chi connectivity index (χ4n) is 0.791. The predicted molar refractivity (Wildman–Crippen MR) is 46.5 cm³/mol. The predicted octanol–water partition coefficient (Wildman–Crippen LogP) is 1.41. The van der Waals surface area contributed by atoms with Crippen molar-refractivity contribution < 1.29 is 0 Å². The molecule has 0 bridgehead atoms. The van der Waals surface area contributed by atoms with Gasteiger partial charge in [-0.1, -0.05) is 12.2 Å². The average molecular weight is 151 g/mol. The molecule has 0 saturated heterocycles. The normalized spacial score (nSPS) is 10.7. The van der Waals surface area contributed by atoms with Gasteiger partial charge in [0.15, 0.2) is 0 Å². The van der Waals surface area contributed by atoms with Crippen molar-refractivity contribution in [2.75, 3.05) is 11.9 Å². The van der Waals surface area contributed by atoms with Crippen LogP contribution in [0.4, 0.5) is 5.82 Å². The molecular formula is C8H13N3. The van der Waals surface area contributed by atoms with Gasteiger partial charge in [-0.05, 0) is 6.92 Å². The smallest absolute Gasteiger partial charge is 0.148 e. The van der Waals surface area contributed by atoms with Crippen LogP contribution >= 0.6 is 0 Å². The molecule has 1 heterocycles. The van der Waals surface area contributed by atoms with Crippen LogP contribution in [0.15, 0.2) is 24.4 Å². The van der Waals surface area contributed by atoms with Crippen molar-refractivity contribution in [2.45, 2.75) is 6.92 Å². The first-order chi connectivity index (χ1) is 5.33. The maximum absolute atomic E-state index is 4.15. The fourth-order valence-corrected chi connectivity index (χ4v) is 0.791. The molecule has 0 unspecified atom stereocenters. The Kier molecular flexibility index (Phi) is 2.72. The second kappa shape index (κ2) is 3.81. The Morgan fingerprint density at radius 1 is 1.73 bits per heavy atom. The highest BCUT2D eigenvalue weighted by atomic mass is 15.3. The first-order valence-electron chi connectivity index (χ1n) is 3.67. The van der Waals surface area contributed by atoms with E-state index in [4.69, 9.17) is 0 Å². The number of hydrogen-bond acceptors (Lipinski definition) is 2. The summed E-state index contributed by atoms with van der Waals surface area (Å²) in [5, 5.41) is 7.30. The van der Waals surface area contributed by atoms with Crippen LogP contribution in [-0.4, -0.2) is 16.3 Å². The molecule has 0 amide bonds. The Hall–Kier alpha value is -1.25. The molecule has 0 spiro atoms. The number of nitrogens with zero attached hydrogens (tertiary/aromatic N) is 2. The molecule has 1 aromatic heterocycles. The molecule has 0 radical (unpaired) electrons. The summed E-state index contributed by atoms with van der Waals surface area (Å²) in [7, 11) is 1.90. The maximum atomic E-state index is 4.15. The van der Waals surface area contributed by atoms with Gasteiger partial charge in [-0.15, -0.1) is 0 Å². The summed E-state index contributed by atoms with van der Waals surface area (Å²) in [6, 6.07) is 1.95. The van der Waals surface area contributed by atoms with Gasteiger partial charge >= 0.3 is 0 Å². The molecule has 1 rings (SSSR count). The minimum atomic E-state index is 0.841. The monoisotopic (exact) mass is 151 g/mol. The minimum Gasteiger partial charge on any atom is -0.365 e. The van der Waals surface area contributed by atoms with Gasteiger partial charge in [0.05, 0.1) is 0 Å². The Labute approximate surface area is 66.7 Å². The molecule has 0 atom stereocenters. The average Bonchev–Trinajstić information content (AvgIpc) is 2.37. The van der Waals surface area contributed by atoms with Crippen molar-refractivity contribution >= 4 is 5.82 Å². The summed E-state index contributed by atoms with van der Waals surface area (Å²) in [4.78, 5) is 0. The van der Waals surface area contributed by atoms with E-state index in [2.05, 4.69) is 16.5 Å². The lowest BCUT2D eigenvalue weighted by molar-refractivity contribution is 0.769. The number of hydrogen-bond donors (Lipinski definition) is 1. The molecule has 3 heteroatoms. The van der Waals surface area contributed by atoms with Crippen LogP contribution in [0.2, 0.25) is 0 Å². The van der Waals surface area contributed by atoms with Crippen LogP contribution < -0.4 is 5.32 Å². The van der Waals surface area contributed by atoms with Crippen molar-refractivity contribution in [3.8, 4) is 0 Å². The lowest BCUT2D eigenvalue weighted by atomic mass is 10.5. The van der Waals surface area contributed by atoms with E-state index in [9.17, 15) is 0 Å². The zero-order valence-corrected chi connectivity index (χ0v) is 6.91. The van der Waals surface area contributed by atoms with Crippen molar-refractivity contribution in [3.05, 3.63) is 24.4 Å². The zero-order valence-electron chi connectivity index (χ0n) is 6.91. The van der Waals surface area contributed by atoms with Crippen LogP contribution in [-0.2, 0) is 7.05 Å². The number of allylic oxidation sites excluding steroid dienone is 1. The Morgan fingerprint density at radius 3 is 3.09 bits per heavy atom. The van der Waals surface area contributed by atoms with Crippen LogP contribution in [0.1, 0.15) is 6.92 Å². The lowest BCUT2D eigenvalue weighted by Gasteiger charge is -1.95. The largest absolute Gasteiger partial charge is 0.365 e.